The Bertz CT molecular complexity index is 162. The van der Waals surface area contributed by atoms with Crippen molar-refractivity contribution in [1.82, 2.24) is 4.90 Å². The molecule has 0 aromatic carbocycles. The third kappa shape index (κ3) is 3.61. The summed E-state index contributed by atoms with van der Waals surface area (Å²) in [5.41, 5.74) is 5.95. The highest BCUT2D eigenvalue weighted by molar-refractivity contribution is 7.99. The van der Waals surface area contributed by atoms with E-state index in [1.54, 1.807) is 0 Å². The molecule has 14 heavy (non-hydrogen) atoms. The molecule has 2 heterocycles. The van der Waals surface area contributed by atoms with E-state index in [0.29, 0.717) is 6.04 Å². The first-order valence-corrected chi connectivity index (χ1v) is 6.56. The summed E-state index contributed by atoms with van der Waals surface area (Å²) in [6, 6.07) is 0.447. The third-order valence-electron chi connectivity index (χ3n) is 3.08. The van der Waals surface area contributed by atoms with E-state index in [2.05, 4.69) is 16.7 Å². The number of halogens is 1. The Balaban J connectivity index is 0.000000980. The summed E-state index contributed by atoms with van der Waals surface area (Å²) in [6.07, 6.45) is 3.97. The molecule has 2 aliphatic rings. The SMILES string of the molecule is Cl.N[C@@H]1CCCN(CC2CCSC2)C1. The predicted molar refractivity (Wildman–Crippen MR) is 66.3 cm³/mol. The van der Waals surface area contributed by atoms with E-state index in [4.69, 9.17) is 5.73 Å². The quantitative estimate of drug-likeness (QED) is 0.790. The molecule has 0 aromatic heterocycles. The van der Waals surface area contributed by atoms with Crippen molar-refractivity contribution < 1.29 is 0 Å². The Hall–Kier alpha value is 0.560. The predicted octanol–water partition coefficient (Wildman–Crippen LogP) is 1.58. The molecule has 2 fully saturated rings. The minimum atomic E-state index is 0. The van der Waals surface area contributed by atoms with Gasteiger partial charge in [-0.3, -0.25) is 0 Å². The zero-order valence-corrected chi connectivity index (χ0v) is 10.3. The lowest BCUT2D eigenvalue weighted by molar-refractivity contribution is 0.186. The van der Waals surface area contributed by atoms with Crippen LogP contribution in [-0.2, 0) is 0 Å². The van der Waals surface area contributed by atoms with Crippen molar-refractivity contribution in [3.63, 3.8) is 0 Å². The number of likely N-dealkylation sites (tertiary alicyclic amines) is 1. The van der Waals surface area contributed by atoms with Gasteiger partial charge < -0.3 is 10.6 Å². The molecule has 0 spiro atoms. The van der Waals surface area contributed by atoms with Crippen LogP contribution in [0.15, 0.2) is 0 Å². The van der Waals surface area contributed by atoms with E-state index < -0.39 is 0 Å². The molecule has 2 N–H and O–H groups in total. The van der Waals surface area contributed by atoms with Crippen molar-refractivity contribution in [3.8, 4) is 0 Å². The highest BCUT2D eigenvalue weighted by atomic mass is 35.5. The maximum atomic E-state index is 5.95. The van der Waals surface area contributed by atoms with Gasteiger partial charge in [0.05, 0.1) is 0 Å². The van der Waals surface area contributed by atoms with Crippen LogP contribution in [0.3, 0.4) is 0 Å². The van der Waals surface area contributed by atoms with Gasteiger partial charge in [-0.1, -0.05) is 0 Å². The van der Waals surface area contributed by atoms with Gasteiger partial charge in [-0.2, -0.15) is 11.8 Å². The van der Waals surface area contributed by atoms with E-state index >= 15 is 0 Å². The average molecular weight is 237 g/mol. The molecule has 1 unspecified atom stereocenters. The van der Waals surface area contributed by atoms with Crippen LogP contribution in [0.25, 0.3) is 0 Å². The fourth-order valence-corrected chi connectivity index (χ4v) is 3.62. The number of nitrogens with zero attached hydrogens (tertiary/aromatic N) is 1. The van der Waals surface area contributed by atoms with Crippen molar-refractivity contribution in [3.05, 3.63) is 0 Å². The lowest BCUT2D eigenvalue weighted by atomic mass is 10.0. The minimum Gasteiger partial charge on any atom is -0.327 e. The number of piperidine rings is 1. The second-order valence-electron chi connectivity index (χ2n) is 4.39. The van der Waals surface area contributed by atoms with Crippen molar-refractivity contribution in [1.29, 1.82) is 0 Å². The highest BCUT2D eigenvalue weighted by Crippen LogP contribution is 2.24. The number of thioether (sulfide) groups is 1. The maximum Gasteiger partial charge on any atom is 0.0168 e. The molecule has 84 valence electrons. The van der Waals surface area contributed by atoms with E-state index in [-0.39, 0.29) is 12.4 Å². The molecule has 2 nitrogen and oxygen atoms in total. The summed E-state index contributed by atoms with van der Waals surface area (Å²) in [5, 5.41) is 0. The summed E-state index contributed by atoms with van der Waals surface area (Å²) in [6.45, 7) is 3.73. The van der Waals surface area contributed by atoms with E-state index in [1.807, 2.05) is 0 Å². The molecule has 2 rings (SSSR count). The maximum absolute atomic E-state index is 5.95. The van der Waals surface area contributed by atoms with Gasteiger partial charge in [0, 0.05) is 19.1 Å². The summed E-state index contributed by atoms with van der Waals surface area (Å²) in [7, 11) is 0. The summed E-state index contributed by atoms with van der Waals surface area (Å²) < 4.78 is 0. The molecule has 0 bridgehead atoms. The normalized spacial score (nSPS) is 34.1. The first-order valence-electron chi connectivity index (χ1n) is 5.40. The van der Waals surface area contributed by atoms with Gasteiger partial charge in [0.2, 0.25) is 0 Å². The van der Waals surface area contributed by atoms with Gasteiger partial charge in [0.1, 0.15) is 0 Å². The van der Waals surface area contributed by atoms with Crippen molar-refractivity contribution in [2.75, 3.05) is 31.1 Å². The van der Waals surface area contributed by atoms with Crippen LogP contribution in [0.1, 0.15) is 19.3 Å². The Kier molecular flexibility index (Phi) is 5.60. The standard InChI is InChI=1S/C10H20N2S.ClH/c11-10-2-1-4-12(7-10)6-9-3-5-13-8-9;/h9-10H,1-8,11H2;1H/t9?,10-;/m1./s1. The molecule has 0 aromatic rings. The number of hydrogen-bond donors (Lipinski definition) is 1. The zero-order valence-electron chi connectivity index (χ0n) is 8.65. The molecule has 2 saturated heterocycles. The molecular formula is C10H21ClN2S. The second-order valence-corrected chi connectivity index (χ2v) is 5.54. The molecule has 2 aliphatic heterocycles. The van der Waals surface area contributed by atoms with Crippen LogP contribution in [0.4, 0.5) is 0 Å². The molecule has 2 atom stereocenters. The fourth-order valence-electron chi connectivity index (χ4n) is 2.35. The number of nitrogens with two attached hydrogens (primary N) is 1. The lowest BCUT2D eigenvalue weighted by Gasteiger charge is -2.32. The topological polar surface area (TPSA) is 29.3 Å². The smallest absolute Gasteiger partial charge is 0.0168 e. The molecule has 0 saturated carbocycles. The van der Waals surface area contributed by atoms with Crippen LogP contribution < -0.4 is 5.73 Å². The van der Waals surface area contributed by atoms with Gasteiger partial charge >= 0.3 is 0 Å². The lowest BCUT2D eigenvalue weighted by Crippen LogP contribution is -2.44. The van der Waals surface area contributed by atoms with Gasteiger partial charge in [0.15, 0.2) is 0 Å². The molecule has 0 radical (unpaired) electrons. The van der Waals surface area contributed by atoms with E-state index in [0.717, 1.165) is 12.5 Å². The first-order chi connectivity index (χ1) is 6.34. The monoisotopic (exact) mass is 236 g/mol. The average Bonchev–Trinajstić information content (AvgIpc) is 2.57. The third-order valence-corrected chi connectivity index (χ3v) is 4.31. The van der Waals surface area contributed by atoms with E-state index in [1.165, 1.54) is 43.9 Å². The van der Waals surface area contributed by atoms with Crippen LogP contribution in [0.2, 0.25) is 0 Å². The zero-order chi connectivity index (χ0) is 9.10. The number of hydrogen-bond acceptors (Lipinski definition) is 3. The summed E-state index contributed by atoms with van der Waals surface area (Å²) in [4.78, 5) is 2.57. The summed E-state index contributed by atoms with van der Waals surface area (Å²) in [5.74, 6) is 3.71. The Morgan fingerprint density at radius 1 is 1.36 bits per heavy atom. The van der Waals surface area contributed by atoms with Crippen molar-refractivity contribution >= 4 is 24.2 Å². The fraction of sp³-hybridized carbons (Fsp3) is 1.00. The second kappa shape index (κ2) is 6.21. The van der Waals surface area contributed by atoms with Crippen LogP contribution in [0.5, 0.6) is 0 Å². The Morgan fingerprint density at radius 2 is 2.21 bits per heavy atom. The molecule has 0 amide bonds. The minimum absolute atomic E-state index is 0. The molecule has 4 heteroatoms. The molecule has 0 aliphatic carbocycles. The number of rotatable bonds is 2. The van der Waals surface area contributed by atoms with Crippen LogP contribution in [-0.4, -0.2) is 42.1 Å². The van der Waals surface area contributed by atoms with Gasteiger partial charge in [-0.05, 0) is 43.2 Å². The Morgan fingerprint density at radius 3 is 2.86 bits per heavy atom. The van der Waals surface area contributed by atoms with Crippen molar-refractivity contribution in [2.45, 2.75) is 25.3 Å². The van der Waals surface area contributed by atoms with Crippen LogP contribution in [0, 0.1) is 5.92 Å². The van der Waals surface area contributed by atoms with Gasteiger partial charge in [-0.15, -0.1) is 12.4 Å². The van der Waals surface area contributed by atoms with Gasteiger partial charge in [-0.25, -0.2) is 0 Å². The Labute approximate surface area is 97.4 Å². The highest BCUT2D eigenvalue weighted by Gasteiger charge is 2.22. The van der Waals surface area contributed by atoms with Gasteiger partial charge in [0.25, 0.3) is 0 Å². The largest absolute Gasteiger partial charge is 0.327 e. The first kappa shape index (κ1) is 12.6. The summed E-state index contributed by atoms with van der Waals surface area (Å²) >= 11 is 2.11. The van der Waals surface area contributed by atoms with E-state index in [9.17, 15) is 0 Å². The van der Waals surface area contributed by atoms with Crippen molar-refractivity contribution in [2.24, 2.45) is 11.7 Å². The molecular weight excluding hydrogens is 216 g/mol. The van der Waals surface area contributed by atoms with Crippen LogP contribution >= 0.6 is 24.2 Å².